The van der Waals surface area contributed by atoms with Gasteiger partial charge in [0.05, 0.1) is 12.3 Å². The van der Waals surface area contributed by atoms with Crippen LogP contribution < -0.4 is 11.1 Å². The standard InChI is InChI=1S/C13H22N2O3S/c1-19-9-5-12(14)13(16)15-6-3-7-17-10-11-4-2-8-18-11/h2,4,8,12H,3,5-7,9-10,14H2,1H3,(H,15,16)/t12-/m1/s1. The second-order valence-electron chi connectivity index (χ2n) is 4.16. The van der Waals surface area contributed by atoms with Crippen LogP contribution in [-0.4, -0.2) is 37.1 Å². The van der Waals surface area contributed by atoms with Crippen molar-refractivity contribution >= 4 is 17.7 Å². The van der Waals surface area contributed by atoms with Crippen LogP contribution in [0.5, 0.6) is 0 Å². The van der Waals surface area contributed by atoms with Gasteiger partial charge in [-0.25, -0.2) is 0 Å². The highest BCUT2D eigenvalue weighted by Gasteiger charge is 2.11. The molecule has 1 aromatic rings. The van der Waals surface area contributed by atoms with Crippen LogP contribution in [0.1, 0.15) is 18.6 Å². The molecule has 0 saturated heterocycles. The van der Waals surface area contributed by atoms with Gasteiger partial charge < -0.3 is 20.2 Å². The van der Waals surface area contributed by atoms with E-state index in [-0.39, 0.29) is 5.91 Å². The zero-order valence-corrected chi connectivity index (χ0v) is 12.1. The first-order valence-corrected chi connectivity index (χ1v) is 7.75. The number of nitrogens with two attached hydrogens (primary N) is 1. The van der Waals surface area contributed by atoms with Gasteiger partial charge in [-0.1, -0.05) is 0 Å². The molecule has 1 aromatic heterocycles. The second-order valence-corrected chi connectivity index (χ2v) is 5.15. The topological polar surface area (TPSA) is 77.5 Å². The number of amides is 1. The Balaban J connectivity index is 1.96. The molecule has 0 aliphatic carbocycles. The monoisotopic (exact) mass is 286 g/mol. The molecule has 3 N–H and O–H groups in total. The lowest BCUT2D eigenvalue weighted by Crippen LogP contribution is -2.41. The summed E-state index contributed by atoms with van der Waals surface area (Å²) in [6, 6.07) is 3.29. The maximum Gasteiger partial charge on any atom is 0.236 e. The van der Waals surface area contributed by atoms with Crippen LogP contribution in [-0.2, 0) is 16.1 Å². The molecule has 1 amide bonds. The second kappa shape index (κ2) is 9.89. The molecule has 0 radical (unpaired) electrons. The average Bonchev–Trinajstić information content (AvgIpc) is 2.92. The van der Waals surface area contributed by atoms with E-state index in [1.165, 1.54) is 0 Å². The quantitative estimate of drug-likeness (QED) is 0.635. The van der Waals surface area contributed by atoms with Crippen molar-refractivity contribution < 1.29 is 13.9 Å². The van der Waals surface area contributed by atoms with Crippen LogP contribution in [0.25, 0.3) is 0 Å². The number of hydrogen-bond acceptors (Lipinski definition) is 5. The van der Waals surface area contributed by atoms with E-state index in [0.29, 0.717) is 26.2 Å². The maximum absolute atomic E-state index is 11.6. The van der Waals surface area contributed by atoms with E-state index in [0.717, 1.165) is 17.9 Å². The van der Waals surface area contributed by atoms with Gasteiger partial charge in [-0.2, -0.15) is 11.8 Å². The minimum absolute atomic E-state index is 0.0833. The lowest BCUT2D eigenvalue weighted by molar-refractivity contribution is -0.122. The normalized spacial score (nSPS) is 12.3. The largest absolute Gasteiger partial charge is 0.467 e. The van der Waals surface area contributed by atoms with Crippen LogP contribution >= 0.6 is 11.8 Å². The first-order valence-electron chi connectivity index (χ1n) is 6.36. The summed E-state index contributed by atoms with van der Waals surface area (Å²) < 4.78 is 10.5. The third kappa shape index (κ3) is 7.25. The molecule has 108 valence electrons. The van der Waals surface area contributed by atoms with Crippen LogP contribution in [0.4, 0.5) is 0 Å². The predicted octanol–water partition coefficient (Wildman–Crippen LogP) is 1.38. The summed E-state index contributed by atoms with van der Waals surface area (Å²) in [5.41, 5.74) is 5.74. The number of hydrogen-bond donors (Lipinski definition) is 2. The summed E-state index contributed by atoms with van der Waals surface area (Å²) in [6.45, 7) is 1.64. The van der Waals surface area contributed by atoms with E-state index in [4.69, 9.17) is 14.9 Å². The third-order valence-electron chi connectivity index (χ3n) is 2.56. The molecule has 1 heterocycles. The van der Waals surface area contributed by atoms with Gasteiger partial charge in [0.25, 0.3) is 0 Å². The molecule has 0 fully saturated rings. The number of carbonyl (C=O) groups is 1. The number of furan rings is 1. The SMILES string of the molecule is CSCC[C@@H](N)C(=O)NCCCOCc1ccco1. The van der Waals surface area contributed by atoms with Crippen molar-refractivity contribution in [2.75, 3.05) is 25.2 Å². The zero-order chi connectivity index (χ0) is 13.9. The Morgan fingerprint density at radius 2 is 2.47 bits per heavy atom. The van der Waals surface area contributed by atoms with Crippen LogP contribution in [0, 0.1) is 0 Å². The molecule has 0 saturated carbocycles. The first kappa shape index (κ1) is 16.1. The Kier molecular flexibility index (Phi) is 8.36. The Morgan fingerprint density at radius 1 is 1.63 bits per heavy atom. The van der Waals surface area contributed by atoms with Gasteiger partial charge in [-0.05, 0) is 37.0 Å². The summed E-state index contributed by atoms with van der Waals surface area (Å²) in [5.74, 6) is 1.63. The number of nitrogens with one attached hydrogen (secondary N) is 1. The smallest absolute Gasteiger partial charge is 0.236 e. The predicted molar refractivity (Wildman–Crippen MR) is 77.0 cm³/mol. The van der Waals surface area contributed by atoms with Gasteiger partial charge in [-0.15, -0.1) is 0 Å². The minimum atomic E-state index is -0.406. The van der Waals surface area contributed by atoms with Crippen molar-refractivity contribution in [3.8, 4) is 0 Å². The molecular formula is C13H22N2O3S. The fourth-order valence-electron chi connectivity index (χ4n) is 1.46. The molecule has 0 aliphatic heterocycles. The molecule has 19 heavy (non-hydrogen) atoms. The highest BCUT2D eigenvalue weighted by molar-refractivity contribution is 7.98. The molecule has 0 unspecified atom stereocenters. The lowest BCUT2D eigenvalue weighted by atomic mass is 10.2. The summed E-state index contributed by atoms with van der Waals surface area (Å²) >= 11 is 1.69. The van der Waals surface area contributed by atoms with Gasteiger partial charge in [0.1, 0.15) is 12.4 Å². The molecule has 6 heteroatoms. The summed E-state index contributed by atoms with van der Waals surface area (Å²) in [7, 11) is 0. The van der Waals surface area contributed by atoms with Gasteiger partial charge in [0, 0.05) is 13.2 Å². The summed E-state index contributed by atoms with van der Waals surface area (Å²) in [6.07, 6.45) is 5.10. The zero-order valence-electron chi connectivity index (χ0n) is 11.3. The van der Waals surface area contributed by atoms with Gasteiger partial charge in [0.2, 0.25) is 5.91 Å². The van der Waals surface area contributed by atoms with Crippen LogP contribution in [0.3, 0.4) is 0 Å². The Labute approximate surface area is 118 Å². The van der Waals surface area contributed by atoms with E-state index in [2.05, 4.69) is 5.32 Å². The lowest BCUT2D eigenvalue weighted by Gasteiger charge is -2.11. The summed E-state index contributed by atoms with van der Waals surface area (Å²) in [4.78, 5) is 11.6. The van der Waals surface area contributed by atoms with E-state index in [1.54, 1.807) is 18.0 Å². The Hall–Kier alpha value is -0.980. The van der Waals surface area contributed by atoms with E-state index in [9.17, 15) is 4.79 Å². The van der Waals surface area contributed by atoms with Crippen LogP contribution in [0.2, 0.25) is 0 Å². The van der Waals surface area contributed by atoms with Crippen LogP contribution in [0.15, 0.2) is 22.8 Å². The highest BCUT2D eigenvalue weighted by atomic mass is 32.2. The average molecular weight is 286 g/mol. The van der Waals surface area contributed by atoms with Crippen molar-refractivity contribution in [1.82, 2.24) is 5.32 Å². The first-order chi connectivity index (χ1) is 9.24. The van der Waals surface area contributed by atoms with Crippen molar-refractivity contribution in [2.45, 2.75) is 25.5 Å². The Bertz CT molecular complexity index is 344. The van der Waals surface area contributed by atoms with Crippen molar-refractivity contribution in [2.24, 2.45) is 5.73 Å². The fraction of sp³-hybridized carbons (Fsp3) is 0.615. The highest BCUT2D eigenvalue weighted by Crippen LogP contribution is 2.02. The molecule has 1 atom stereocenters. The molecule has 0 spiro atoms. The molecule has 0 aromatic carbocycles. The number of thioether (sulfide) groups is 1. The minimum Gasteiger partial charge on any atom is -0.467 e. The fourth-order valence-corrected chi connectivity index (χ4v) is 1.95. The van der Waals surface area contributed by atoms with Gasteiger partial charge >= 0.3 is 0 Å². The molecule has 0 aliphatic rings. The summed E-state index contributed by atoms with van der Waals surface area (Å²) in [5, 5.41) is 2.81. The van der Waals surface area contributed by atoms with Crippen molar-refractivity contribution in [3.63, 3.8) is 0 Å². The van der Waals surface area contributed by atoms with E-state index < -0.39 is 6.04 Å². The van der Waals surface area contributed by atoms with E-state index in [1.807, 2.05) is 18.4 Å². The molecular weight excluding hydrogens is 264 g/mol. The molecule has 1 rings (SSSR count). The van der Waals surface area contributed by atoms with Crippen molar-refractivity contribution in [1.29, 1.82) is 0 Å². The van der Waals surface area contributed by atoms with Gasteiger partial charge in [-0.3, -0.25) is 4.79 Å². The third-order valence-corrected chi connectivity index (χ3v) is 3.20. The molecule has 5 nitrogen and oxygen atoms in total. The Morgan fingerprint density at radius 3 is 3.16 bits per heavy atom. The number of ether oxygens (including phenoxy) is 1. The van der Waals surface area contributed by atoms with E-state index >= 15 is 0 Å². The molecule has 0 bridgehead atoms. The number of rotatable bonds is 10. The van der Waals surface area contributed by atoms with Crippen molar-refractivity contribution in [3.05, 3.63) is 24.2 Å². The maximum atomic E-state index is 11.6. The number of carbonyl (C=O) groups excluding carboxylic acids is 1. The van der Waals surface area contributed by atoms with Gasteiger partial charge in [0.15, 0.2) is 0 Å².